The van der Waals surface area contributed by atoms with Crippen LogP contribution in [0.2, 0.25) is 10.3 Å². The Morgan fingerprint density at radius 1 is 1.12 bits per heavy atom. The minimum absolute atomic E-state index is 0.00601. The third-order valence-electron chi connectivity index (χ3n) is 5.60. The Bertz CT molecular complexity index is 1480. The molecule has 3 aromatic heterocycles. The largest absolute Gasteiger partial charge is 0.373 e. The van der Waals surface area contributed by atoms with Crippen molar-refractivity contribution in [3.63, 3.8) is 0 Å². The smallest absolute Gasteiger partial charge is 0.270 e. The Hall–Kier alpha value is -3.01. The van der Waals surface area contributed by atoms with Crippen LogP contribution in [0.15, 0.2) is 29.1 Å². The van der Waals surface area contributed by atoms with E-state index in [0.717, 1.165) is 12.1 Å². The van der Waals surface area contributed by atoms with E-state index in [1.54, 1.807) is 19.2 Å². The average molecular weight is 479 g/mol. The molecule has 0 bridgehead atoms. The predicted molar refractivity (Wildman–Crippen MR) is 115 cm³/mol. The molecule has 0 radical (unpaired) electrons. The fourth-order valence-corrected chi connectivity index (χ4v) is 4.54. The summed E-state index contributed by atoms with van der Waals surface area (Å²) in [4.78, 5) is 36.7. The minimum Gasteiger partial charge on any atom is -0.373 e. The Labute approximate surface area is 188 Å². The van der Waals surface area contributed by atoms with Gasteiger partial charge >= 0.3 is 0 Å². The van der Waals surface area contributed by atoms with Gasteiger partial charge in [0.2, 0.25) is 0 Å². The molecule has 32 heavy (non-hydrogen) atoms. The first-order chi connectivity index (χ1) is 15.2. The Morgan fingerprint density at radius 2 is 1.84 bits per heavy atom. The Balaban J connectivity index is 1.62. The number of hydrogen-bond donors (Lipinski definition) is 2. The highest BCUT2D eigenvalue weighted by Gasteiger charge is 2.32. The van der Waals surface area contributed by atoms with E-state index in [0.29, 0.717) is 22.2 Å². The van der Waals surface area contributed by atoms with Crippen molar-refractivity contribution in [2.75, 3.05) is 13.7 Å². The number of pyridine rings is 2. The van der Waals surface area contributed by atoms with E-state index in [1.165, 1.54) is 4.90 Å². The first-order valence-corrected chi connectivity index (χ1v) is 10.2. The summed E-state index contributed by atoms with van der Waals surface area (Å²) in [5, 5.41) is 1.08. The van der Waals surface area contributed by atoms with Crippen molar-refractivity contribution in [2.24, 2.45) is 0 Å². The monoisotopic (exact) mass is 478 g/mol. The van der Waals surface area contributed by atoms with E-state index >= 15 is 0 Å². The molecule has 5 rings (SSSR count). The molecule has 0 aliphatic carbocycles. The number of H-pyrrole nitrogens is 2. The van der Waals surface area contributed by atoms with E-state index in [9.17, 15) is 18.4 Å². The number of ether oxygens (including phenoxy) is 1. The van der Waals surface area contributed by atoms with Gasteiger partial charge in [-0.2, -0.15) is 0 Å². The SMILES string of the molecule is CN(C(=O)c1cc2c(Cl)nc(Cl)cc2[nH]1)[C@H]1COCc2[nH]c(=O)c3cc(F)c(F)cc3c21. The molecule has 7 nitrogen and oxygen atoms in total. The van der Waals surface area contributed by atoms with Crippen LogP contribution in [0.1, 0.15) is 27.8 Å². The van der Waals surface area contributed by atoms with Crippen molar-refractivity contribution in [1.82, 2.24) is 19.9 Å². The molecule has 11 heteroatoms. The predicted octanol–water partition coefficient (Wildman–Crippen LogP) is 4.33. The summed E-state index contributed by atoms with van der Waals surface area (Å²) in [6, 6.07) is 4.28. The molecule has 1 atom stereocenters. The number of benzene rings is 1. The summed E-state index contributed by atoms with van der Waals surface area (Å²) in [6.45, 7) is 0.175. The zero-order valence-electron chi connectivity index (χ0n) is 16.4. The number of hydrogen-bond acceptors (Lipinski definition) is 4. The molecule has 0 fully saturated rings. The Morgan fingerprint density at radius 3 is 2.59 bits per heavy atom. The van der Waals surface area contributed by atoms with Crippen LogP contribution in [0.4, 0.5) is 8.78 Å². The van der Waals surface area contributed by atoms with Crippen LogP contribution in [0.3, 0.4) is 0 Å². The van der Waals surface area contributed by atoms with E-state index in [-0.39, 0.29) is 40.0 Å². The zero-order chi connectivity index (χ0) is 22.7. The van der Waals surface area contributed by atoms with Crippen LogP contribution >= 0.6 is 23.2 Å². The van der Waals surface area contributed by atoms with E-state index in [2.05, 4.69) is 15.0 Å². The second-order valence-corrected chi connectivity index (χ2v) is 8.23. The molecular weight excluding hydrogens is 465 g/mol. The quantitative estimate of drug-likeness (QED) is 0.419. The number of rotatable bonds is 2. The molecule has 4 heterocycles. The zero-order valence-corrected chi connectivity index (χ0v) is 17.9. The summed E-state index contributed by atoms with van der Waals surface area (Å²) in [7, 11) is 1.56. The number of fused-ring (bicyclic) bond motifs is 4. The number of aromatic amines is 2. The first-order valence-electron chi connectivity index (χ1n) is 9.48. The highest BCUT2D eigenvalue weighted by molar-refractivity contribution is 6.36. The van der Waals surface area contributed by atoms with Gasteiger partial charge in [0.15, 0.2) is 11.6 Å². The molecule has 1 aromatic carbocycles. The van der Waals surface area contributed by atoms with Crippen molar-refractivity contribution < 1.29 is 18.3 Å². The number of amides is 1. The maximum Gasteiger partial charge on any atom is 0.270 e. The van der Waals surface area contributed by atoms with Crippen molar-refractivity contribution in [2.45, 2.75) is 12.6 Å². The van der Waals surface area contributed by atoms with Crippen LogP contribution in [0.25, 0.3) is 21.7 Å². The fraction of sp³-hybridized carbons (Fsp3) is 0.190. The molecule has 4 aromatic rings. The standard InChI is InChI=1S/C21H14Cl2F2N4O3/c1-29(21(31)14-4-10-13(26-14)5-17(22)28-19(10)23)16-7-32-6-15-18(16)8-2-11(24)12(25)3-9(8)20(30)27-15/h2-5,16,26H,6-7H2,1H3,(H,27,30)/t16-/m0/s1. The van der Waals surface area contributed by atoms with Crippen LogP contribution in [-0.4, -0.2) is 39.4 Å². The molecule has 1 aliphatic rings. The van der Waals surface area contributed by atoms with Gasteiger partial charge in [-0.25, -0.2) is 13.8 Å². The van der Waals surface area contributed by atoms with Crippen LogP contribution < -0.4 is 5.56 Å². The lowest BCUT2D eigenvalue weighted by molar-refractivity contribution is 0.0333. The number of carbonyl (C=O) groups is 1. The molecule has 0 saturated heterocycles. The number of nitrogens with zero attached hydrogens (tertiary/aromatic N) is 2. The second kappa shape index (κ2) is 7.54. The molecule has 164 valence electrons. The van der Waals surface area contributed by atoms with Crippen LogP contribution in [-0.2, 0) is 11.3 Å². The third-order valence-corrected chi connectivity index (χ3v) is 6.08. The topological polar surface area (TPSA) is 91.1 Å². The number of carbonyl (C=O) groups excluding carboxylic acids is 1. The van der Waals surface area contributed by atoms with Gasteiger partial charge in [-0.15, -0.1) is 0 Å². The van der Waals surface area contributed by atoms with Gasteiger partial charge in [0.25, 0.3) is 11.5 Å². The second-order valence-electron chi connectivity index (χ2n) is 7.49. The lowest BCUT2D eigenvalue weighted by Gasteiger charge is -2.33. The number of aromatic nitrogens is 3. The van der Waals surface area contributed by atoms with E-state index in [1.807, 2.05) is 0 Å². The summed E-state index contributed by atoms with van der Waals surface area (Å²) in [6.07, 6.45) is 0. The maximum atomic E-state index is 14.1. The molecule has 0 unspecified atom stereocenters. The van der Waals surface area contributed by atoms with Gasteiger partial charge in [0, 0.05) is 23.7 Å². The van der Waals surface area contributed by atoms with Gasteiger partial charge in [0.05, 0.1) is 30.2 Å². The molecule has 1 amide bonds. The number of nitrogens with one attached hydrogen (secondary N) is 2. The van der Waals surface area contributed by atoms with Crippen molar-refractivity contribution >= 4 is 50.8 Å². The third kappa shape index (κ3) is 3.24. The molecule has 1 aliphatic heterocycles. The van der Waals surface area contributed by atoms with Crippen molar-refractivity contribution in [3.05, 3.63) is 73.5 Å². The minimum atomic E-state index is -1.13. The van der Waals surface area contributed by atoms with Gasteiger partial charge in [-0.05, 0) is 29.7 Å². The maximum absolute atomic E-state index is 14.1. The fourth-order valence-electron chi connectivity index (χ4n) is 4.05. The first kappa shape index (κ1) is 20.9. The highest BCUT2D eigenvalue weighted by atomic mass is 35.5. The lowest BCUT2D eigenvalue weighted by Crippen LogP contribution is -2.37. The Kier molecular flexibility index (Phi) is 4.92. The van der Waals surface area contributed by atoms with Gasteiger partial charge in [-0.1, -0.05) is 23.2 Å². The van der Waals surface area contributed by atoms with Crippen LogP contribution in [0, 0.1) is 11.6 Å². The number of likely N-dealkylation sites (N-methyl/N-ethyl adjacent to an activating group) is 1. The molecule has 0 spiro atoms. The summed E-state index contributed by atoms with van der Waals surface area (Å²) in [5.41, 5.74) is 1.11. The van der Waals surface area contributed by atoms with Gasteiger partial charge in [-0.3, -0.25) is 9.59 Å². The van der Waals surface area contributed by atoms with Crippen molar-refractivity contribution in [1.29, 1.82) is 0 Å². The molecule has 2 N–H and O–H groups in total. The van der Waals surface area contributed by atoms with Gasteiger partial charge in [0.1, 0.15) is 16.0 Å². The lowest BCUT2D eigenvalue weighted by atomic mass is 9.95. The highest BCUT2D eigenvalue weighted by Crippen LogP contribution is 2.34. The summed E-state index contributed by atoms with van der Waals surface area (Å²) >= 11 is 12.1. The molecular formula is C21H14Cl2F2N4O3. The average Bonchev–Trinajstić information content (AvgIpc) is 3.18. The molecule has 0 saturated carbocycles. The van der Waals surface area contributed by atoms with Crippen molar-refractivity contribution in [3.8, 4) is 0 Å². The summed E-state index contributed by atoms with van der Waals surface area (Å²) in [5.74, 6) is -2.62. The van der Waals surface area contributed by atoms with Crippen LogP contribution in [0.5, 0.6) is 0 Å². The van der Waals surface area contributed by atoms with E-state index in [4.69, 9.17) is 27.9 Å². The van der Waals surface area contributed by atoms with Gasteiger partial charge < -0.3 is 19.6 Å². The van der Waals surface area contributed by atoms with E-state index < -0.39 is 29.1 Å². The number of halogens is 4. The normalized spacial score (nSPS) is 15.8. The summed E-state index contributed by atoms with van der Waals surface area (Å²) < 4.78 is 33.4.